The number of benzene rings is 2. The van der Waals surface area contributed by atoms with Crippen LogP contribution >= 0.6 is 0 Å². The maximum Gasteiger partial charge on any atom is 0.330 e. The number of nitrogens with two attached hydrogens (primary N) is 1. The summed E-state index contributed by atoms with van der Waals surface area (Å²) < 4.78 is 6.58. The lowest BCUT2D eigenvalue weighted by Crippen LogP contribution is -2.40. The minimum absolute atomic E-state index is 0.0612. The molecule has 0 aliphatic heterocycles. The van der Waals surface area contributed by atoms with Crippen LogP contribution in [-0.4, -0.2) is 29.1 Å². The first-order valence-corrected chi connectivity index (χ1v) is 10.2. The average molecular weight is 434 g/mol. The number of nitrogens with zero attached hydrogens (tertiary/aromatic N) is 2. The standard InChI is InChI=1S/C24H26N4O4/c1-4-27(20(29)13-11-18-14-16(2)10-12-19(18)32-3)21-22(25)28(24(31)26-23(21)30)15-17-8-6-5-7-9-17/h5-14H,4,15,25H2,1-3H3,(H,26,30,31)/b13-11+. The third-order valence-electron chi connectivity index (χ3n) is 5.04. The molecule has 0 saturated carbocycles. The second-order valence-electron chi connectivity index (χ2n) is 7.23. The number of carbonyl (C=O) groups is 1. The Morgan fingerprint density at radius 2 is 1.91 bits per heavy atom. The SMILES string of the molecule is CCN(C(=O)/C=C/c1cc(C)ccc1OC)c1c(N)n(Cc2ccccc2)c(=O)[nH]c1=O. The third kappa shape index (κ3) is 4.80. The highest BCUT2D eigenvalue weighted by atomic mass is 16.5. The van der Waals surface area contributed by atoms with E-state index in [0.717, 1.165) is 16.7 Å². The Morgan fingerprint density at radius 3 is 2.56 bits per heavy atom. The molecule has 0 unspecified atom stereocenters. The second-order valence-corrected chi connectivity index (χ2v) is 7.23. The largest absolute Gasteiger partial charge is 0.496 e. The molecule has 0 fully saturated rings. The van der Waals surface area contributed by atoms with E-state index in [1.54, 1.807) is 20.1 Å². The quantitative estimate of drug-likeness (QED) is 0.555. The van der Waals surface area contributed by atoms with Crippen molar-refractivity contribution in [3.63, 3.8) is 0 Å². The Labute approximate surface area is 185 Å². The molecule has 0 spiro atoms. The van der Waals surface area contributed by atoms with Gasteiger partial charge in [-0.05, 0) is 37.6 Å². The van der Waals surface area contributed by atoms with E-state index in [0.29, 0.717) is 5.75 Å². The highest BCUT2D eigenvalue weighted by Crippen LogP contribution is 2.22. The van der Waals surface area contributed by atoms with Gasteiger partial charge in [-0.2, -0.15) is 0 Å². The van der Waals surface area contributed by atoms with Crippen molar-refractivity contribution in [3.05, 3.63) is 92.1 Å². The Hall–Kier alpha value is -4.07. The van der Waals surface area contributed by atoms with E-state index >= 15 is 0 Å². The number of amides is 1. The van der Waals surface area contributed by atoms with E-state index in [1.165, 1.54) is 15.5 Å². The second kappa shape index (κ2) is 9.82. The zero-order valence-electron chi connectivity index (χ0n) is 18.3. The number of hydrogen-bond acceptors (Lipinski definition) is 5. The number of ether oxygens (including phenoxy) is 1. The predicted octanol–water partition coefficient (Wildman–Crippen LogP) is 2.55. The summed E-state index contributed by atoms with van der Waals surface area (Å²) in [7, 11) is 1.55. The fourth-order valence-corrected chi connectivity index (χ4v) is 3.42. The van der Waals surface area contributed by atoms with E-state index in [-0.39, 0.29) is 24.6 Å². The molecular formula is C24H26N4O4. The van der Waals surface area contributed by atoms with Crippen LogP contribution in [0.25, 0.3) is 6.08 Å². The van der Waals surface area contributed by atoms with Crippen LogP contribution in [0.1, 0.15) is 23.6 Å². The molecule has 8 nitrogen and oxygen atoms in total. The maximum absolute atomic E-state index is 13.0. The molecule has 0 atom stereocenters. The van der Waals surface area contributed by atoms with Gasteiger partial charge in [0.05, 0.1) is 13.7 Å². The molecule has 0 aliphatic carbocycles. The minimum Gasteiger partial charge on any atom is -0.496 e. The molecule has 0 radical (unpaired) electrons. The van der Waals surface area contributed by atoms with Crippen LogP contribution in [0.3, 0.4) is 0 Å². The number of anilines is 2. The zero-order valence-corrected chi connectivity index (χ0v) is 18.3. The summed E-state index contributed by atoms with van der Waals surface area (Å²) >= 11 is 0. The lowest BCUT2D eigenvalue weighted by Gasteiger charge is -2.22. The zero-order chi connectivity index (χ0) is 23.3. The normalized spacial score (nSPS) is 11.0. The number of methoxy groups -OCH3 is 1. The number of hydrogen-bond donors (Lipinski definition) is 2. The van der Waals surface area contributed by atoms with E-state index in [1.807, 2.05) is 55.5 Å². The predicted molar refractivity (Wildman–Crippen MR) is 126 cm³/mol. The fraction of sp³-hybridized carbons (Fsp3) is 0.208. The van der Waals surface area contributed by atoms with Crippen molar-refractivity contribution < 1.29 is 9.53 Å². The van der Waals surface area contributed by atoms with Gasteiger partial charge < -0.3 is 15.4 Å². The molecule has 32 heavy (non-hydrogen) atoms. The number of aromatic amines is 1. The van der Waals surface area contributed by atoms with Crippen molar-refractivity contribution in [2.45, 2.75) is 20.4 Å². The van der Waals surface area contributed by atoms with Gasteiger partial charge >= 0.3 is 5.69 Å². The minimum atomic E-state index is -0.714. The van der Waals surface area contributed by atoms with Gasteiger partial charge in [0.25, 0.3) is 11.5 Å². The number of likely N-dealkylation sites (N-methyl/N-ethyl adjacent to an activating group) is 1. The molecule has 1 heterocycles. The van der Waals surface area contributed by atoms with Crippen LogP contribution < -0.4 is 26.6 Å². The van der Waals surface area contributed by atoms with Crippen LogP contribution in [-0.2, 0) is 11.3 Å². The topological polar surface area (TPSA) is 110 Å². The molecule has 0 aliphatic rings. The summed E-state index contributed by atoms with van der Waals surface area (Å²) in [5.41, 5.74) is 7.39. The van der Waals surface area contributed by atoms with Gasteiger partial charge in [0, 0.05) is 18.2 Å². The van der Waals surface area contributed by atoms with Gasteiger partial charge in [0.2, 0.25) is 0 Å². The van der Waals surface area contributed by atoms with Crippen molar-refractivity contribution in [1.29, 1.82) is 0 Å². The molecule has 8 heteroatoms. The summed E-state index contributed by atoms with van der Waals surface area (Å²) in [5, 5.41) is 0. The van der Waals surface area contributed by atoms with E-state index in [9.17, 15) is 14.4 Å². The van der Waals surface area contributed by atoms with Gasteiger partial charge in [0.1, 0.15) is 11.6 Å². The number of rotatable bonds is 7. The summed E-state index contributed by atoms with van der Waals surface area (Å²) in [6, 6.07) is 14.9. The highest BCUT2D eigenvalue weighted by molar-refractivity contribution is 6.05. The van der Waals surface area contributed by atoms with Gasteiger partial charge in [-0.25, -0.2) is 4.79 Å². The molecule has 3 rings (SSSR count). The Balaban J connectivity index is 1.99. The lowest BCUT2D eigenvalue weighted by molar-refractivity contribution is -0.114. The molecule has 166 valence electrons. The van der Waals surface area contributed by atoms with Crippen molar-refractivity contribution >= 4 is 23.5 Å². The average Bonchev–Trinajstić information content (AvgIpc) is 2.78. The summed E-state index contributed by atoms with van der Waals surface area (Å²) in [4.78, 5) is 41.5. The first-order chi connectivity index (χ1) is 15.3. The van der Waals surface area contributed by atoms with Gasteiger partial charge in [-0.3, -0.25) is 19.1 Å². The first-order valence-electron chi connectivity index (χ1n) is 10.2. The first kappa shape index (κ1) is 22.6. The number of nitrogen functional groups attached to an aromatic ring is 1. The van der Waals surface area contributed by atoms with Crippen LogP contribution in [0.2, 0.25) is 0 Å². The van der Waals surface area contributed by atoms with E-state index in [2.05, 4.69) is 4.98 Å². The lowest BCUT2D eigenvalue weighted by atomic mass is 10.1. The van der Waals surface area contributed by atoms with Crippen molar-refractivity contribution in [1.82, 2.24) is 9.55 Å². The molecule has 3 aromatic rings. The molecule has 0 bridgehead atoms. The van der Waals surface area contributed by atoms with Gasteiger partial charge in [0.15, 0.2) is 5.69 Å². The number of aryl methyl sites for hydroxylation is 1. The monoisotopic (exact) mass is 434 g/mol. The summed E-state index contributed by atoms with van der Waals surface area (Å²) in [6.45, 7) is 4.01. The molecule has 1 amide bonds. The molecule has 0 saturated heterocycles. The van der Waals surface area contributed by atoms with Gasteiger partial charge in [-0.15, -0.1) is 0 Å². The number of aromatic nitrogens is 2. The van der Waals surface area contributed by atoms with E-state index in [4.69, 9.17) is 10.5 Å². The number of nitrogens with one attached hydrogen (secondary N) is 1. The van der Waals surface area contributed by atoms with Crippen molar-refractivity contribution in [2.24, 2.45) is 0 Å². The summed E-state index contributed by atoms with van der Waals surface area (Å²) in [5.74, 6) is 0.106. The van der Waals surface area contributed by atoms with Crippen LogP contribution in [0.15, 0.2) is 64.2 Å². The van der Waals surface area contributed by atoms with Crippen molar-refractivity contribution in [3.8, 4) is 5.75 Å². The van der Waals surface area contributed by atoms with Crippen molar-refractivity contribution in [2.75, 3.05) is 24.3 Å². The van der Waals surface area contributed by atoms with Gasteiger partial charge in [-0.1, -0.05) is 42.0 Å². The molecule has 2 aromatic carbocycles. The Kier molecular flexibility index (Phi) is 6.94. The maximum atomic E-state index is 13.0. The third-order valence-corrected chi connectivity index (χ3v) is 5.04. The molecule has 3 N–H and O–H groups in total. The number of H-pyrrole nitrogens is 1. The smallest absolute Gasteiger partial charge is 0.330 e. The van der Waals surface area contributed by atoms with Crippen LogP contribution in [0, 0.1) is 6.92 Å². The highest BCUT2D eigenvalue weighted by Gasteiger charge is 2.21. The van der Waals surface area contributed by atoms with E-state index < -0.39 is 17.2 Å². The summed E-state index contributed by atoms with van der Waals surface area (Å²) in [6.07, 6.45) is 2.98. The number of carbonyl (C=O) groups excluding carboxylic acids is 1. The van der Waals surface area contributed by atoms with Crippen LogP contribution in [0.5, 0.6) is 5.75 Å². The Bertz CT molecular complexity index is 1260. The van der Waals surface area contributed by atoms with Crippen LogP contribution in [0.4, 0.5) is 11.5 Å². The molecule has 1 aromatic heterocycles. The molecular weight excluding hydrogens is 408 g/mol. The fourth-order valence-electron chi connectivity index (χ4n) is 3.42. The Morgan fingerprint density at radius 1 is 1.19 bits per heavy atom.